The molecule has 1 aliphatic carbocycles. The second-order valence-corrected chi connectivity index (χ2v) is 4.96. The number of nitrogens with one attached hydrogen (secondary N) is 1. The maximum absolute atomic E-state index is 11.9. The first-order valence-corrected chi connectivity index (χ1v) is 6.59. The molecule has 0 bridgehead atoms. The predicted molar refractivity (Wildman–Crippen MR) is 69.6 cm³/mol. The number of nitrogens with zero attached hydrogens (tertiary/aromatic N) is 2. The van der Waals surface area contributed by atoms with Crippen LogP contribution in [0.3, 0.4) is 0 Å². The van der Waals surface area contributed by atoms with Gasteiger partial charge in [0.1, 0.15) is 5.02 Å². The fourth-order valence-corrected chi connectivity index (χ4v) is 1.84. The Morgan fingerprint density at radius 3 is 3.00 bits per heavy atom. The highest BCUT2D eigenvalue weighted by Gasteiger charge is 2.21. The van der Waals surface area contributed by atoms with Crippen LogP contribution < -0.4 is 10.9 Å². The minimum absolute atomic E-state index is 0.194. The zero-order valence-electron chi connectivity index (χ0n) is 10.1. The van der Waals surface area contributed by atoms with E-state index in [0.717, 1.165) is 25.3 Å². The molecule has 1 heterocycles. The van der Waals surface area contributed by atoms with Crippen LogP contribution in [0.25, 0.3) is 0 Å². The van der Waals surface area contributed by atoms with Crippen molar-refractivity contribution in [3.05, 3.63) is 21.6 Å². The molecule has 1 aromatic rings. The van der Waals surface area contributed by atoms with Gasteiger partial charge in [-0.2, -0.15) is 5.10 Å². The number of rotatable bonds is 6. The molecule has 0 amide bonds. The van der Waals surface area contributed by atoms with Gasteiger partial charge >= 0.3 is 0 Å². The molecule has 1 N–H and O–H groups in total. The van der Waals surface area contributed by atoms with Crippen LogP contribution in [0.1, 0.15) is 32.6 Å². The number of hydrogen-bond donors (Lipinski definition) is 1. The summed E-state index contributed by atoms with van der Waals surface area (Å²) in [7, 11) is 0. The monoisotopic (exact) mass is 255 g/mol. The molecular formula is C12H18ClN3O. The zero-order chi connectivity index (χ0) is 12.3. The van der Waals surface area contributed by atoms with Crippen LogP contribution in [-0.2, 0) is 6.54 Å². The van der Waals surface area contributed by atoms with Crippen LogP contribution in [0.15, 0.2) is 11.0 Å². The molecule has 5 heteroatoms. The van der Waals surface area contributed by atoms with E-state index in [4.69, 9.17) is 11.6 Å². The minimum atomic E-state index is -0.194. The summed E-state index contributed by atoms with van der Waals surface area (Å²) in [5.41, 5.74) is 0.470. The van der Waals surface area contributed by atoms with Gasteiger partial charge < -0.3 is 5.32 Å². The van der Waals surface area contributed by atoms with Gasteiger partial charge in [0.2, 0.25) is 0 Å². The average molecular weight is 256 g/mol. The van der Waals surface area contributed by atoms with Crippen LogP contribution >= 0.6 is 11.6 Å². The second-order valence-electron chi connectivity index (χ2n) is 4.58. The molecule has 0 atom stereocenters. The summed E-state index contributed by atoms with van der Waals surface area (Å²) in [5, 5.41) is 7.58. The lowest BCUT2D eigenvalue weighted by Crippen LogP contribution is -2.24. The Balaban J connectivity index is 2.07. The Morgan fingerprint density at radius 1 is 1.59 bits per heavy atom. The van der Waals surface area contributed by atoms with E-state index < -0.39 is 0 Å². The smallest absolute Gasteiger partial charge is 0.287 e. The lowest BCUT2D eigenvalue weighted by Gasteiger charge is -2.09. The van der Waals surface area contributed by atoms with Crippen molar-refractivity contribution >= 4 is 17.3 Å². The molecule has 94 valence electrons. The summed E-state index contributed by atoms with van der Waals surface area (Å²) in [5.74, 6) is 0.744. The predicted octanol–water partition coefficient (Wildman–Crippen LogP) is 2.52. The second kappa shape index (κ2) is 5.54. The van der Waals surface area contributed by atoms with E-state index in [-0.39, 0.29) is 10.6 Å². The van der Waals surface area contributed by atoms with Gasteiger partial charge in [-0.1, -0.05) is 24.9 Å². The number of anilines is 1. The number of unbranched alkanes of at least 4 members (excludes halogenated alkanes) is 1. The molecule has 0 unspecified atom stereocenters. The Bertz CT molecular complexity index is 440. The van der Waals surface area contributed by atoms with Crippen molar-refractivity contribution in [2.24, 2.45) is 5.92 Å². The fourth-order valence-electron chi connectivity index (χ4n) is 1.63. The first-order valence-electron chi connectivity index (χ1n) is 6.22. The maximum Gasteiger partial charge on any atom is 0.287 e. The molecule has 0 aliphatic heterocycles. The normalized spacial score (nSPS) is 14.9. The van der Waals surface area contributed by atoms with Crippen LogP contribution in [0.2, 0.25) is 5.02 Å². The molecule has 1 saturated carbocycles. The van der Waals surface area contributed by atoms with E-state index in [9.17, 15) is 4.79 Å². The van der Waals surface area contributed by atoms with Crippen molar-refractivity contribution in [3.63, 3.8) is 0 Å². The van der Waals surface area contributed by atoms with Crippen molar-refractivity contribution < 1.29 is 0 Å². The van der Waals surface area contributed by atoms with E-state index in [1.54, 1.807) is 6.20 Å². The zero-order valence-corrected chi connectivity index (χ0v) is 10.8. The Kier molecular flexibility index (Phi) is 4.05. The molecule has 0 spiro atoms. The largest absolute Gasteiger partial charge is 0.382 e. The van der Waals surface area contributed by atoms with Crippen molar-refractivity contribution in [1.29, 1.82) is 0 Å². The molecular weight excluding hydrogens is 238 g/mol. The highest BCUT2D eigenvalue weighted by Crippen LogP contribution is 2.29. The van der Waals surface area contributed by atoms with Gasteiger partial charge in [0, 0.05) is 13.1 Å². The summed E-state index contributed by atoms with van der Waals surface area (Å²) in [6, 6.07) is 0. The van der Waals surface area contributed by atoms with Crippen molar-refractivity contribution in [2.75, 3.05) is 11.9 Å². The summed E-state index contributed by atoms with van der Waals surface area (Å²) in [6.45, 7) is 3.61. The molecule has 17 heavy (non-hydrogen) atoms. The van der Waals surface area contributed by atoms with E-state index in [1.165, 1.54) is 17.5 Å². The number of aryl methyl sites for hydroxylation is 1. The lowest BCUT2D eigenvalue weighted by molar-refractivity contribution is 0.543. The third kappa shape index (κ3) is 3.22. The Hall–Kier alpha value is -1.03. The van der Waals surface area contributed by atoms with E-state index >= 15 is 0 Å². The topological polar surface area (TPSA) is 46.9 Å². The SMILES string of the molecule is CCCCn1ncc(NCC2CC2)c(Cl)c1=O. The quantitative estimate of drug-likeness (QED) is 0.850. The first-order chi connectivity index (χ1) is 8.22. The highest BCUT2D eigenvalue weighted by molar-refractivity contribution is 6.32. The van der Waals surface area contributed by atoms with Crippen LogP contribution in [0.4, 0.5) is 5.69 Å². The Labute approximate surface area is 106 Å². The van der Waals surface area contributed by atoms with Gasteiger partial charge in [0.05, 0.1) is 11.9 Å². The molecule has 1 aromatic heterocycles. The molecule has 0 saturated heterocycles. The van der Waals surface area contributed by atoms with Gasteiger partial charge in [0.25, 0.3) is 5.56 Å². The van der Waals surface area contributed by atoms with Crippen molar-refractivity contribution in [2.45, 2.75) is 39.2 Å². The highest BCUT2D eigenvalue weighted by atomic mass is 35.5. The molecule has 1 fully saturated rings. The Morgan fingerprint density at radius 2 is 2.35 bits per heavy atom. The van der Waals surface area contributed by atoms with E-state index in [1.807, 2.05) is 0 Å². The molecule has 0 aromatic carbocycles. The molecule has 1 aliphatic rings. The fraction of sp³-hybridized carbons (Fsp3) is 0.667. The van der Waals surface area contributed by atoms with Crippen LogP contribution in [0.5, 0.6) is 0 Å². The summed E-state index contributed by atoms with van der Waals surface area (Å²) < 4.78 is 1.44. The number of hydrogen-bond acceptors (Lipinski definition) is 3. The van der Waals surface area contributed by atoms with E-state index in [0.29, 0.717) is 12.2 Å². The van der Waals surface area contributed by atoms with Crippen LogP contribution in [0, 0.1) is 5.92 Å². The van der Waals surface area contributed by atoms with Crippen molar-refractivity contribution in [3.8, 4) is 0 Å². The van der Waals surface area contributed by atoms with Gasteiger partial charge in [-0.25, -0.2) is 4.68 Å². The lowest BCUT2D eigenvalue weighted by atomic mass is 10.3. The minimum Gasteiger partial charge on any atom is -0.382 e. The summed E-state index contributed by atoms with van der Waals surface area (Å²) in [6.07, 6.45) is 6.17. The first kappa shape index (κ1) is 12.4. The maximum atomic E-state index is 11.9. The van der Waals surface area contributed by atoms with Crippen LogP contribution in [-0.4, -0.2) is 16.3 Å². The van der Waals surface area contributed by atoms with Gasteiger partial charge in [0.15, 0.2) is 0 Å². The summed E-state index contributed by atoms with van der Waals surface area (Å²) >= 11 is 6.05. The standard InChI is InChI=1S/C12H18ClN3O/c1-2-3-6-16-12(17)11(13)10(8-15-16)14-7-9-4-5-9/h8-9,14H,2-7H2,1H3. The van der Waals surface area contributed by atoms with Crippen molar-refractivity contribution in [1.82, 2.24) is 9.78 Å². The third-order valence-corrected chi connectivity index (χ3v) is 3.35. The van der Waals surface area contributed by atoms with Gasteiger partial charge in [-0.15, -0.1) is 0 Å². The summed E-state index contributed by atoms with van der Waals surface area (Å²) in [4.78, 5) is 11.9. The number of halogens is 1. The molecule has 0 radical (unpaired) electrons. The molecule has 4 nitrogen and oxygen atoms in total. The average Bonchev–Trinajstić information content (AvgIpc) is 3.14. The molecule has 2 rings (SSSR count). The third-order valence-electron chi connectivity index (χ3n) is 2.99. The van der Waals surface area contributed by atoms with Gasteiger partial charge in [-0.3, -0.25) is 4.79 Å². The number of aromatic nitrogens is 2. The van der Waals surface area contributed by atoms with E-state index in [2.05, 4.69) is 17.3 Å². The van der Waals surface area contributed by atoms with Gasteiger partial charge in [-0.05, 0) is 25.2 Å².